The summed E-state index contributed by atoms with van der Waals surface area (Å²) in [7, 11) is 0. The number of pyridine rings is 1. The fourth-order valence-corrected chi connectivity index (χ4v) is 1.86. The third kappa shape index (κ3) is 5.01. The zero-order valence-corrected chi connectivity index (χ0v) is 13.2. The van der Waals surface area contributed by atoms with Crippen LogP contribution in [0.2, 0.25) is 0 Å². The number of aliphatic hydroxyl groups is 1. The van der Waals surface area contributed by atoms with Crippen LogP contribution in [-0.4, -0.2) is 22.8 Å². The van der Waals surface area contributed by atoms with E-state index < -0.39 is 35.5 Å². The van der Waals surface area contributed by atoms with Crippen LogP contribution in [0.15, 0.2) is 36.5 Å². The summed E-state index contributed by atoms with van der Waals surface area (Å²) in [6, 6.07) is 5.22. The maximum absolute atomic E-state index is 13.0. The van der Waals surface area contributed by atoms with Gasteiger partial charge in [0.1, 0.15) is 23.2 Å². The summed E-state index contributed by atoms with van der Waals surface area (Å²) in [5.41, 5.74) is -3.17. The second-order valence-corrected chi connectivity index (χ2v) is 5.26. The van der Waals surface area contributed by atoms with Crippen molar-refractivity contribution in [2.24, 2.45) is 0 Å². The summed E-state index contributed by atoms with van der Waals surface area (Å²) in [6.45, 7) is 1.37. The molecule has 0 saturated carbocycles. The van der Waals surface area contributed by atoms with Crippen LogP contribution in [-0.2, 0) is 12.4 Å². The molecular formula is C16H13F6NO3. The van der Waals surface area contributed by atoms with Gasteiger partial charge in [-0.25, -0.2) is 4.98 Å². The molecule has 26 heavy (non-hydrogen) atoms. The number of aromatic nitrogens is 1. The van der Waals surface area contributed by atoms with Gasteiger partial charge in [-0.05, 0) is 37.3 Å². The lowest BCUT2D eigenvalue weighted by Crippen LogP contribution is -2.16. The van der Waals surface area contributed by atoms with Crippen molar-refractivity contribution in [2.75, 3.05) is 6.61 Å². The molecule has 0 bridgehead atoms. The van der Waals surface area contributed by atoms with E-state index in [1.54, 1.807) is 6.92 Å². The number of halogens is 6. The highest BCUT2D eigenvalue weighted by atomic mass is 19.4. The van der Waals surface area contributed by atoms with Crippen molar-refractivity contribution in [1.29, 1.82) is 0 Å². The minimum atomic E-state index is -5.08. The molecule has 0 spiro atoms. The van der Waals surface area contributed by atoms with Crippen molar-refractivity contribution in [1.82, 2.24) is 4.98 Å². The third-order valence-electron chi connectivity index (χ3n) is 3.12. The van der Waals surface area contributed by atoms with Gasteiger partial charge in [-0.2, -0.15) is 26.3 Å². The Labute approximate surface area is 144 Å². The van der Waals surface area contributed by atoms with Crippen molar-refractivity contribution in [2.45, 2.75) is 25.4 Å². The van der Waals surface area contributed by atoms with E-state index in [9.17, 15) is 26.3 Å². The normalized spacial score (nSPS) is 13.4. The molecule has 0 fully saturated rings. The molecule has 1 aromatic heterocycles. The summed E-state index contributed by atoms with van der Waals surface area (Å²) in [5.74, 6) is -0.745. The van der Waals surface area contributed by atoms with E-state index in [-0.39, 0.29) is 24.6 Å². The Balaban J connectivity index is 2.28. The van der Waals surface area contributed by atoms with Crippen molar-refractivity contribution in [3.63, 3.8) is 0 Å². The molecule has 0 aliphatic carbocycles. The first kappa shape index (κ1) is 19.8. The molecule has 4 nitrogen and oxygen atoms in total. The van der Waals surface area contributed by atoms with Crippen molar-refractivity contribution in [3.8, 4) is 17.4 Å². The average Bonchev–Trinajstić information content (AvgIpc) is 2.55. The average molecular weight is 381 g/mol. The quantitative estimate of drug-likeness (QED) is 0.765. The fraction of sp³-hybridized carbons (Fsp3) is 0.312. The first-order valence-corrected chi connectivity index (χ1v) is 7.20. The van der Waals surface area contributed by atoms with E-state index in [1.807, 2.05) is 0 Å². The molecule has 0 amide bonds. The lowest BCUT2D eigenvalue weighted by molar-refractivity contribution is -0.144. The summed E-state index contributed by atoms with van der Waals surface area (Å²) >= 11 is 0. The van der Waals surface area contributed by atoms with E-state index in [0.29, 0.717) is 5.75 Å². The number of aliphatic hydroxyl groups excluding tert-OH is 1. The smallest absolute Gasteiger partial charge is 0.421 e. The van der Waals surface area contributed by atoms with Gasteiger partial charge in [-0.3, -0.25) is 0 Å². The molecule has 0 aliphatic heterocycles. The Kier molecular flexibility index (Phi) is 5.65. The molecule has 0 aliphatic rings. The van der Waals surface area contributed by atoms with Gasteiger partial charge in [0.2, 0.25) is 5.88 Å². The second kappa shape index (κ2) is 7.40. The van der Waals surface area contributed by atoms with Crippen LogP contribution >= 0.6 is 0 Å². The number of hydrogen-bond acceptors (Lipinski definition) is 4. The third-order valence-corrected chi connectivity index (χ3v) is 3.12. The first-order chi connectivity index (χ1) is 12.0. The van der Waals surface area contributed by atoms with Crippen LogP contribution in [0.3, 0.4) is 0 Å². The maximum Gasteiger partial charge on any atom is 0.421 e. The van der Waals surface area contributed by atoms with Gasteiger partial charge in [0.15, 0.2) is 0 Å². The Hall–Kier alpha value is -2.49. The van der Waals surface area contributed by atoms with Crippen LogP contribution in [0.5, 0.6) is 17.4 Å². The Bertz CT molecular complexity index is 743. The van der Waals surface area contributed by atoms with Crippen LogP contribution in [0.4, 0.5) is 26.3 Å². The molecule has 1 N–H and O–H groups in total. The van der Waals surface area contributed by atoms with E-state index in [0.717, 1.165) is 0 Å². The number of alkyl halides is 6. The number of nitrogens with zero attached hydrogens (tertiary/aromatic N) is 1. The van der Waals surface area contributed by atoms with E-state index in [1.165, 1.54) is 24.3 Å². The molecule has 1 aromatic carbocycles. The van der Waals surface area contributed by atoms with Crippen molar-refractivity contribution < 1.29 is 40.9 Å². The van der Waals surface area contributed by atoms with Gasteiger partial charge in [-0.1, -0.05) is 0 Å². The van der Waals surface area contributed by atoms with Crippen molar-refractivity contribution in [3.05, 3.63) is 47.7 Å². The largest absolute Gasteiger partial charge is 0.488 e. The monoisotopic (exact) mass is 381 g/mol. The Morgan fingerprint density at radius 2 is 1.58 bits per heavy atom. The van der Waals surface area contributed by atoms with Gasteiger partial charge in [0.25, 0.3) is 0 Å². The van der Waals surface area contributed by atoms with Gasteiger partial charge in [0, 0.05) is 6.20 Å². The number of benzene rings is 1. The molecule has 1 unspecified atom stereocenters. The molecule has 142 valence electrons. The van der Waals surface area contributed by atoms with Crippen LogP contribution in [0, 0.1) is 0 Å². The highest BCUT2D eigenvalue weighted by Gasteiger charge is 2.40. The summed E-state index contributed by atoms with van der Waals surface area (Å²) in [5, 5.41) is 8.89. The molecule has 2 rings (SSSR count). The van der Waals surface area contributed by atoms with E-state index in [2.05, 4.69) is 4.98 Å². The predicted molar refractivity (Wildman–Crippen MR) is 77.9 cm³/mol. The molecule has 0 saturated heterocycles. The topological polar surface area (TPSA) is 51.6 Å². The molecular weight excluding hydrogens is 368 g/mol. The minimum Gasteiger partial charge on any atom is -0.488 e. The minimum absolute atomic E-state index is 0.0528. The lowest BCUT2D eigenvalue weighted by atomic mass is 10.2. The maximum atomic E-state index is 13.0. The predicted octanol–water partition coefficient (Wildman–Crippen LogP) is 4.67. The summed E-state index contributed by atoms with van der Waals surface area (Å²) < 4.78 is 87.2. The molecule has 10 heteroatoms. The first-order valence-electron chi connectivity index (χ1n) is 7.20. The standard InChI is InChI=1S/C16H13F6NO3/c1-9(8-24)25-11-2-4-12(5-3-11)26-14-13(16(20,21)22)6-10(7-23-14)15(17,18)19/h2-7,9,24H,8H2,1H3. The van der Waals surface area contributed by atoms with Crippen molar-refractivity contribution >= 4 is 0 Å². The van der Waals surface area contributed by atoms with Gasteiger partial charge < -0.3 is 14.6 Å². The van der Waals surface area contributed by atoms with Gasteiger partial charge >= 0.3 is 12.4 Å². The van der Waals surface area contributed by atoms with Crippen LogP contribution in [0.25, 0.3) is 0 Å². The molecule has 2 aromatic rings. The Morgan fingerprint density at radius 1 is 1.00 bits per heavy atom. The van der Waals surface area contributed by atoms with Crippen LogP contribution < -0.4 is 9.47 Å². The zero-order chi connectivity index (χ0) is 19.5. The van der Waals surface area contributed by atoms with Crippen LogP contribution in [0.1, 0.15) is 18.1 Å². The van der Waals surface area contributed by atoms with Gasteiger partial charge in [0.05, 0.1) is 12.2 Å². The highest BCUT2D eigenvalue weighted by Crippen LogP contribution is 2.40. The fourth-order valence-electron chi connectivity index (χ4n) is 1.86. The van der Waals surface area contributed by atoms with Gasteiger partial charge in [-0.15, -0.1) is 0 Å². The molecule has 1 atom stereocenters. The number of ether oxygens (including phenoxy) is 2. The highest BCUT2D eigenvalue weighted by molar-refractivity contribution is 5.39. The van der Waals surface area contributed by atoms with E-state index >= 15 is 0 Å². The summed E-state index contributed by atoms with van der Waals surface area (Å²) in [4.78, 5) is 3.16. The van der Waals surface area contributed by atoms with E-state index in [4.69, 9.17) is 14.6 Å². The second-order valence-electron chi connectivity index (χ2n) is 5.26. The molecule has 0 radical (unpaired) electrons. The zero-order valence-electron chi connectivity index (χ0n) is 13.2. The number of hydrogen-bond donors (Lipinski definition) is 1. The lowest BCUT2D eigenvalue weighted by Gasteiger charge is -2.16. The number of rotatable bonds is 5. The Morgan fingerprint density at radius 3 is 2.08 bits per heavy atom. The SMILES string of the molecule is CC(CO)Oc1ccc(Oc2ncc(C(F)(F)F)cc2C(F)(F)F)cc1. The molecule has 1 heterocycles. The summed E-state index contributed by atoms with van der Waals surface area (Å²) in [6.07, 6.45) is -10.3.